The molecule has 2 fully saturated rings. The van der Waals surface area contributed by atoms with Crippen LogP contribution in [0.15, 0.2) is 42.6 Å². The molecular formula is C19H20ClN3O2. The van der Waals surface area contributed by atoms with Crippen molar-refractivity contribution in [2.45, 2.75) is 19.3 Å². The molecule has 1 saturated carbocycles. The number of hydrogen-bond acceptors (Lipinski definition) is 4. The van der Waals surface area contributed by atoms with Gasteiger partial charge in [-0.25, -0.2) is 4.98 Å². The lowest BCUT2D eigenvalue weighted by molar-refractivity contribution is -0.118. The zero-order valence-corrected chi connectivity index (χ0v) is 14.6. The Bertz CT molecular complexity index is 755. The van der Waals surface area contributed by atoms with Gasteiger partial charge in [0.1, 0.15) is 5.75 Å². The summed E-state index contributed by atoms with van der Waals surface area (Å²) in [5, 5.41) is 6.99. The highest BCUT2D eigenvalue weighted by atomic mass is 35.5. The van der Waals surface area contributed by atoms with Crippen molar-refractivity contribution in [2.75, 3.05) is 18.4 Å². The zero-order chi connectivity index (χ0) is 17.3. The molecule has 2 N–H and O–H groups in total. The van der Waals surface area contributed by atoms with E-state index < -0.39 is 0 Å². The highest BCUT2D eigenvalue weighted by molar-refractivity contribution is 6.30. The van der Waals surface area contributed by atoms with E-state index in [4.69, 9.17) is 16.3 Å². The number of ether oxygens (including phenoxy) is 1. The highest BCUT2D eigenvalue weighted by Crippen LogP contribution is 2.58. The quantitative estimate of drug-likeness (QED) is 0.872. The van der Waals surface area contributed by atoms with Crippen molar-refractivity contribution in [3.05, 3.63) is 47.6 Å². The van der Waals surface area contributed by atoms with E-state index in [0.717, 1.165) is 32.4 Å². The van der Waals surface area contributed by atoms with E-state index in [9.17, 15) is 4.79 Å². The van der Waals surface area contributed by atoms with Gasteiger partial charge in [-0.05, 0) is 68.1 Å². The average molecular weight is 358 g/mol. The Labute approximate surface area is 151 Å². The first-order chi connectivity index (χ1) is 12.1. The molecule has 0 radical (unpaired) electrons. The van der Waals surface area contributed by atoms with Crippen LogP contribution < -0.4 is 15.4 Å². The number of aromatic nitrogens is 1. The van der Waals surface area contributed by atoms with E-state index in [1.54, 1.807) is 36.5 Å². The first-order valence-corrected chi connectivity index (χ1v) is 8.94. The van der Waals surface area contributed by atoms with Gasteiger partial charge in [-0.15, -0.1) is 0 Å². The Balaban J connectivity index is 1.34. The van der Waals surface area contributed by atoms with Gasteiger partial charge in [0.15, 0.2) is 0 Å². The van der Waals surface area contributed by atoms with Crippen LogP contribution in [0.2, 0.25) is 5.02 Å². The van der Waals surface area contributed by atoms with Crippen molar-refractivity contribution in [1.29, 1.82) is 0 Å². The topological polar surface area (TPSA) is 63.2 Å². The van der Waals surface area contributed by atoms with E-state index in [0.29, 0.717) is 22.3 Å². The summed E-state index contributed by atoms with van der Waals surface area (Å²) < 4.78 is 5.65. The summed E-state index contributed by atoms with van der Waals surface area (Å²) in [6, 6.07) is 10.6. The van der Waals surface area contributed by atoms with E-state index in [-0.39, 0.29) is 17.2 Å². The van der Waals surface area contributed by atoms with Crippen LogP contribution in [0.5, 0.6) is 11.6 Å². The molecule has 6 heteroatoms. The van der Waals surface area contributed by atoms with Crippen LogP contribution in [-0.4, -0.2) is 24.0 Å². The summed E-state index contributed by atoms with van der Waals surface area (Å²) in [5.74, 6) is 1.38. The highest BCUT2D eigenvalue weighted by Gasteiger charge is 2.57. The molecule has 1 saturated heterocycles. The van der Waals surface area contributed by atoms with Gasteiger partial charge in [0.05, 0.1) is 11.9 Å². The lowest BCUT2D eigenvalue weighted by Gasteiger charge is -2.23. The number of carbonyl (C=O) groups is 1. The number of hydrogen-bond donors (Lipinski definition) is 2. The van der Waals surface area contributed by atoms with Gasteiger partial charge in [0.2, 0.25) is 11.8 Å². The minimum absolute atomic E-state index is 0.107. The first-order valence-electron chi connectivity index (χ1n) is 8.56. The number of benzene rings is 1. The summed E-state index contributed by atoms with van der Waals surface area (Å²) in [4.78, 5) is 16.7. The number of carbonyl (C=O) groups excluding carboxylic acids is 1. The van der Waals surface area contributed by atoms with Gasteiger partial charge in [-0.2, -0.15) is 0 Å². The third-order valence-corrected chi connectivity index (χ3v) is 5.40. The maximum Gasteiger partial charge on any atom is 0.228 e. The predicted octanol–water partition coefficient (Wildman–Crippen LogP) is 3.86. The molecule has 2 aliphatic rings. The van der Waals surface area contributed by atoms with Crippen LogP contribution >= 0.6 is 11.6 Å². The summed E-state index contributed by atoms with van der Waals surface area (Å²) in [7, 11) is 0. The van der Waals surface area contributed by atoms with E-state index in [1.165, 1.54) is 0 Å². The van der Waals surface area contributed by atoms with Crippen molar-refractivity contribution >= 4 is 23.2 Å². The molecule has 0 bridgehead atoms. The monoisotopic (exact) mass is 357 g/mol. The Morgan fingerprint density at radius 2 is 1.96 bits per heavy atom. The molecule has 1 aliphatic heterocycles. The molecule has 2 heterocycles. The Hall–Kier alpha value is -2.11. The number of rotatable bonds is 4. The minimum atomic E-state index is 0.107. The zero-order valence-electron chi connectivity index (χ0n) is 13.8. The fraction of sp³-hybridized carbons (Fsp3) is 0.368. The number of piperidine rings is 1. The maximum absolute atomic E-state index is 12.5. The maximum atomic E-state index is 12.5. The molecule has 25 heavy (non-hydrogen) atoms. The fourth-order valence-electron chi connectivity index (χ4n) is 3.56. The lowest BCUT2D eigenvalue weighted by Crippen LogP contribution is -2.31. The molecule has 1 spiro atoms. The molecule has 1 unspecified atom stereocenters. The van der Waals surface area contributed by atoms with E-state index in [1.807, 2.05) is 6.07 Å². The summed E-state index contributed by atoms with van der Waals surface area (Å²) in [6.07, 6.45) is 4.82. The molecule has 1 atom stereocenters. The van der Waals surface area contributed by atoms with Crippen molar-refractivity contribution in [3.63, 3.8) is 0 Å². The standard InChI is InChI=1S/C19H20ClN3O2/c20-13-1-4-15(5-2-13)25-17-6-3-14(12-22-17)23-18(24)16-11-19(16)7-9-21-10-8-19/h1-6,12,16,21H,7-11H2,(H,23,24). The van der Waals surface area contributed by atoms with Crippen LogP contribution in [-0.2, 0) is 4.79 Å². The predicted molar refractivity (Wildman–Crippen MR) is 97.0 cm³/mol. The molecular weight excluding hydrogens is 338 g/mol. The SMILES string of the molecule is O=C(Nc1ccc(Oc2ccc(Cl)cc2)nc1)C1CC12CCNCC2. The summed E-state index contributed by atoms with van der Waals surface area (Å²) in [5.41, 5.74) is 0.935. The number of pyridine rings is 1. The molecule has 1 aromatic carbocycles. The van der Waals surface area contributed by atoms with E-state index in [2.05, 4.69) is 15.6 Å². The van der Waals surface area contributed by atoms with Crippen molar-refractivity contribution in [1.82, 2.24) is 10.3 Å². The van der Waals surface area contributed by atoms with Crippen molar-refractivity contribution < 1.29 is 9.53 Å². The number of anilines is 1. The Kier molecular flexibility index (Phi) is 4.36. The van der Waals surface area contributed by atoms with Crippen LogP contribution in [0.1, 0.15) is 19.3 Å². The van der Waals surface area contributed by atoms with Gasteiger partial charge < -0.3 is 15.4 Å². The van der Waals surface area contributed by atoms with E-state index >= 15 is 0 Å². The normalized spacial score (nSPS) is 20.9. The van der Waals surface area contributed by atoms with Crippen molar-refractivity contribution in [3.8, 4) is 11.6 Å². The second-order valence-electron chi connectivity index (χ2n) is 6.80. The van der Waals surface area contributed by atoms with Gasteiger partial charge in [0.25, 0.3) is 0 Å². The largest absolute Gasteiger partial charge is 0.439 e. The number of amides is 1. The van der Waals surface area contributed by atoms with Crippen LogP contribution in [0.4, 0.5) is 5.69 Å². The third kappa shape index (κ3) is 3.62. The second kappa shape index (κ2) is 6.65. The minimum Gasteiger partial charge on any atom is -0.439 e. The summed E-state index contributed by atoms with van der Waals surface area (Å²) >= 11 is 5.85. The molecule has 1 amide bonds. The molecule has 5 nitrogen and oxygen atoms in total. The Morgan fingerprint density at radius 3 is 2.64 bits per heavy atom. The summed E-state index contributed by atoms with van der Waals surface area (Å²) in [6.45, 7) is 2.03. The van der Waals surface area contributed by atoms with Gasteiger partial charge in [-0.3, -0.25) is 4.79 Å². The lowest BCUT2D eigenvalue weighted by atomic mass is 9.92. The van der Waals surface area contributed by atoms with Gasteiger partial charge >= 0.3 is 0 Å². The van der Waals surface area contributed by atoms with Crippen LogP contribution in [0, 0.1) is 11.3 Å². The Morgan fingerprint density at radius 1 is 1.20 bits per heavy atom. The first kappa shape index (κ1) is 16.4. The average Bonchev–Trinajstić information content (AvgIpc) is 3.32. The number of halogens is 1. The van der Waals surface area contributed by atoms with Crippen LogP contribution in [0.3, 0.4) is 0 Å². The number of nitrogens with zero attached hydrogens (tertiary/aromatic N) is 1. The van der Waals surface area contributed by atoms with Gasteiger partial charge in [0, 0.05) is 17.0 Å². The molecule has 130 valence electrons. The number of nitrogens with one attached hydrogen (secondary N) is 2. The molecule has 4 rings (SSSR count). The van der Waals surface area contributed by atoms with Crippen molar-refractivity contribution in [2.24, 2.45) is 11.3 Å². The fourth-order valence-corrected chi connectivity index (χ4v) is 3.69. The van der Waals surface area contributed by atoms with Crippen LogP contribution in [0.25, 0.3) is 0 Å². The molecule has 2 aromatic rings. The molecule has 1 aromatic heterocycles. The smallest absolute Gasteiger partial charge is 0.228 e. The third-order valence-electron chi connectivity index (χ3n) is 5.15. The molecule has 1 aliphatic carbocycles. The van der Waals surface area contributed by atoms with Gasteiger partial charge in [-0.1, -0.05) is 11.6 Å². The second-order valence-corrected chi connectivity index (χ2v) is 7.24.